The number of ether oxygens (including phenoxy) is 1. The smallest absolute Gasteiger partial charge is 0.272 e. The summed E-state index contributed by atoms with van der Waals surface area (Å²) in [6.07, 6.45) is 3.75. The predicted octanol–water partition coefficient (Wildman–Crippen LogP) is 2.17. The molecule has 1 N–H and O–H groups in total. The Morgan fingerprint density at radius 2 is 1.96 bits per heavy atom. The lowest BCUT2D eigenvalue weighted by atomic mass is 10.2. The number of halogens is 1. The second-order valence-electron chi connectivity index (χ2n) is 7.06. The molecule has 1 aromatic heterocycles. The molecule has 8 heteroatoms. The Morgan fingerprint density at radius 1 is 1.18 bits per heavy atom. The van der Waals surface area contributed by atoms with Crippen molar-refractivity contribution in [2.24, 2.45) is 0 Å². The van der Waals surface area contributed by atoms with Crippen molar-refractivity contribution in [3.63, 3.8) is 0 Å². The van der Waals surface area contributed by atoms with E-state index in [2.05, 4.69) is 20.2 Å². The van der Waals surface area contributed by atoms with E-state index in [1.165, 1.54) is 18.5 Å². The molecule has 0 bridgehead atoms. The normalized spacial score (nSPS) is 19.7. The highest BCUT2D eigenvalue weighted by Crippen LogP contribution is 2.18. The van der Waals surface area contributed by atoms with Crippen LogP contribution in [0.4, 0.5) is 15.9 Å². The molecule has 1 atom stereocenters. The molecule has 2 saturated heterocycles. The van der Waals surface area contributed by atoms with Crippen molar-refractivity contribution in [2.45, 2.75) is 18.9 Å². The van der Waals surface area contributed by atoms with Gasteiger partial charge in [0, 0.05) is 51.1 Å². The van der Waals surface area contributed by atoms with E-state index in [9.17, 15) is 9.18 Å². The van der Waals surface area contributed by atoms with Crippen LogP contribution in [0, 0.1) is 5.82 Å². The maximum Gasteiger partial charge on any atom is 0.272 e. The first-order valence-corrected chi connectivity index (χ1v) is 9.66. The highest BCUT2D eigenvalue weighted by atomic mass is 19.1. The number of nitrogens with zero attached hydrogens (tertiary/aromatic N) is 4. The van der Waals surface area contributed by atoms with Gasteiger partial charge in [0.2, 0.25) is 0 Å². The molecule has 2 fully saturated rings. The Bertz CT molecular complexity index is 802. The Morgan fingerprint density at radius 3 is 2.68 bits per heavy atom. The van der Waals surface area contributed by atoms with E-state index in [4.69, 9.17) is 4.74 Å². The van der Waals surface area contributed by atoms with Gasteiger partial charge in [0.25, 0.3) is 5.91 Å². The van der Waals surface area contributed by atoms with Crippen molar-refractivity contribution in [2.75, 3.05) is 49.5 Å². The summed E-state index contributed by atoms with van der Waals surface area (Å²) in [6, 6.07) is 8.15. The number of hydrogen-bond donors (Lipinski definition) is 1. The molecule has 1 unspecified atom stereocenters. The van der Waals surface area contributed by atoms with Crippen LogP contribution in [0.1, 0.15) is 23.3 Å². The molecule has 7 nitrogen and oxygen atoms in total. The van der Waals surface area contributed by atoms with Gasteiger partial charge in [0.15, 0.2) is 0 Å². The highest BCUT2D eigenvalue weighted by molar-refractivity contribution is 5.93. The van der Waals surface area contributed by atoms with Crippen molar-refractivity contribution >= 4 is 17.4 Å². The van der Waals surface area contributed by atoms with Gasteiger partial charge in [0.1, 0.15) is 23.7 Å². The summed E-state index contributed by atoms with van der Waals surface area (Å²) < 4.78 is 18.7. The van der Waals surface area contributed by atoms with E-state index >= 15 is 0 Å². The second kappa shape index (κ2) is 8.52. The van der Waals surface area contributed by atoms with Crippen LogP contribution >= 0.6 is 0 Å². The van der Waals surface area contributed by atoms with Crippen LogP contribution in [0.25, 0.3) is 0 Å². The molecule has 1 aromatic carbocycles. The summed E-state index contributed by atoms with van der Waals surface area (Å²) in [6.45, 7) is 4.09. The molecular weight excluding hydrogens is 361 g/mol. The fraction of sp³-hybridized carbons (Fsp3) is 0.450. The van der Waals surface area contributed by atoms with E-state index in [0.717, 1.165) is 25.1 Å². The van der Waals surface area contributed by atoms with Crippen molar-refractivity contribution in [1.29, 1.82) is 0 Å². The summed E-state index contributed by atoms with van der Waals surface area (Å²) in [4.78, 5) is 25.1. The number of anilines is 2. The molecule has 0 aliphatic carbocycles. The van der Waals surface area contributed by atoms with Crippen molar-refractivity contribution in [3.05, 3.63) is 48.2 Å². The number of nitrogens with one attached hydrogen (secondary N) is 1. The number of carbonyl (C=O) groups is 1. The van der Waals surface area contributed by atoms with Crippen LogP contribution in [0.5, 0.6) is 0 Å². The fourth-order valence-electron chi connectivity index (χ4n) is 3.58. The minimum absolute atomic E-state index is 0.0960. The molecule has 1 amide bonds. The highest BCUT2D eigenvalue weighted by Gasteiger charge is 2.24. The summed E-state index contributed by atoms with van der Waals surface area (Å²) in [5.41, 5.74) is 1.36. The van der Waals surface area contributed by atoms with Crippen LogP contribution in [-0.4, -0.2) is 66.2 Å². The monoisotopic (exact) mass is 385 g/mol. The van der Waals surface area contributed by atoms with Gasteiger partial charge in [-0.05, 0) is 37.1 Å². The lowest BCUT2D eigenvalue weighted by Crippen LogP contribution is -2.49. The molecule has 4 rings (SSSR count). The first-order valence-electron chi connectivity index (χ1n) is 9.66. The number of hydrogen-bond acceptors (Lipinski definition) is 6. The van der Waals surface area contributed by atoms with Gasteiger partial charge >= 0.3 is 0 Å². The molecule has 2 aliphatic heterocycles. The third-order valence-corrected chi connectivity index (χ3v) is 5.18. The van der Waals surface area contributed by atoms with Gasteiger partial charge in [-0.2, -0.15) is 0 Å². The minimum Gasteiger partial charge on any atom is -0.376 e. The first kappa shape index (κ1) is 18.6. The van der Waals surface area contributed by atoms with Crippen LogP contribution in [-0.2, 0) is 4.74 Å². The van der Waals surface area contributed by atoms with Crippen LogP contribution in [0.15, 0.2) is 36.7 Å². The molecule has 2 aromatic rings. The third-order valence-electron chi connectivity index (χ3n) is 5.18. The third kappa shape index (κ3) is 4.39. The van der Waals surface area contributed by atoms with Gasteiger partial charge < -0.3 is 19.9 Å². The zero-order valence-corrected chi connectivity index (χ0v) is 15.7. The average molecular weight is 385 g/mol. The average Bonchev–Trinajstić information content (AvgIpc) is 3.26. The van der Waals surface area contributed by atoms with E-state index in [-0.39, 0.29) is 17.8 Å². The number of benzene rings is 1. The SMILES string of the molecule is O=C(c1cc(NCC2CCCO2)ncn1)N1CCN(c2ccc(F)cc2)CC1. The van der Waals surface area contributed by atoms with Crippen LogP contribution in [0.2, 0.25) is 0 Å². The summed E-state index contributed by atoms with van der Waals surface area (Å²) in [5, 5.41) is 3.23. The van der Waals surface area contributed by atoms with Gasteiger partial charge in [-0.3, -0.25) is 4.79 Å². The lowest BCUT2D eigenvalue weighted by molar-refractivity contribution is 0.0740. The zero-order valence-electron chi connectivity index (χ0n) is 15.7. The number of piperazine rings is 1. The van der Waals surface area contributed by atoms with E-state index < -0.39 is 0 Å². The fourth-order valence-corrected chi connectivity index (χ4v) is 3.58. The van der Waals surface area contributed by atoms with Gasteiger partial charge in [-0.15, -0.1) is 0 Å². The Balaban J connectivity index is 1.33. The number of carbonyl (C=O) groups excluding carboxylic acids is 1. The van der Waals surface area contributed by atoms with Gasteiger partial charge in [0.05, 0.1) is 6.10 Å². The largest absolute Gasteiger partial charge is 0.376 e. The van der Waals surface area contributed by atoms with E-state index in [1.54, 1.807) is 23.1 Å². The van der Waals surface area contributed by atoms with Crippen molar-refractivity contribution in [1.82, 2.24) is 14.9 Å². The van der Waals surface area contributed by atoms with Crippen molar-refractivity contribution < 1.29 is 13.9 Å². The molecule has 0 spiro atoms. The van der Waals surface area contributed by atoms with Crippen molar-refractivity contribution in [3.8, 4) is 0 Å². The molecular formula is C20H24FN5O2. The second-order valence-corrected chi connectivity index (χ2v) is 7.06. The molecule has 0 radical (unpaired) electrons. The Kier molecular flexibility index (Phi) is 5.66. The van der Waals surface area contributed by atoms with Crippen LogP contribution < -0.4 is 10.2 Å². The standard InChI is InChI=1S/C20H24FN5O2/c21-15-3-5-16(6-4-15)25-7-9-26(10-8-25)20(27)18-12-19(24-14-23-18)22-13-17-2-1-11-28-17/h3-6,12,14,17H,1-2,7-11,13H2,(H,22,23,24). The zero-order chi connectivity index (χ0) is 19.3. The predicted molar refractivity (Wildman–Crippen MR) is 104 cm³/mol. The molecule has 28 heavy (non-hydrogen) atoms. The quantitative estimate of drug-likeness (QED) is 0.851. The number of rotatable bonds is 5. The molecule has 2 aliphatic rings. The first-order chi connectivity index (χ1) is 13.7. The molecule has 148 valence electrons. The topological polar surface area (TPSA) is 70.6 Å². The Labute approximate surface area is 163 Å². The summed E-state index contributed by atoms with van der Waals surface area (Å²) >= 11 is 0. The Hall–Kier alpha value is -2.74. The number of aromatic nitrogens is 2. The lowest BCUT2D eigenvalue weighted by Gasteiger charge is -2.36. The molecule has 0 saturated carbocycles. The summed E-state index contributed by atoms with van der Waals surface area (Å²) in [7, 11) is 0. The van der Waals surface area contributed by atoms with Gasteiger partial charge in [-0.1, -0.05) is 0 Å². The van der Waals surface area contributed by atoms with Crippen LogP contribution in [0.3, 0.4) is 0 Å². The van der Waals surface area contributed by atoms with E-state index in [1.807, 2.05) is 0 Å². The maximum absolute atomic E-state index is 13.1. The summed E-state index contributed by atoms with van der Waals surface area (Å²) in [5.74, 6) is 0.297. The minimum atomic E-state index is -0.245. The van der Waals surface area contributed by atoms with Gasteiger partial charge in [-0.25, -0.2) is 14.4 Å². The van der Waals surface area contributed by atoms with E-state index in [0.29, 0.717) is 44.2 Å². The number of amides is 1. The maximum atomic E-state index is 13.1. The molecule has 3 heterocycles.